The summed E-state index contributed by atoms with van der Waals surface area (Å²) in [6.07, 6.45) is 2.44. The monoisotopic (exact) mass is 297 g/mol. The highest BCUT2D eigenvalue weighted by atomic mass is 35.5. The van der Waals surface area contributed by atoms with Crippen LogP contribution in [-0.2, 0) is 9.59 Å². The third kappa shape index (κ3) is 5.75. The molecule has 0 atom stereocenters. The molecule has 0 saturated heterocycles. The summed E-state index contributed by atoms with van der Waals surface area (Å²) < 4.78 is 5.30. The molecule has 0 aliphatic carbocycles. The predicted octanol–water partition coefficient (Wildman–Crippen LogP) is 2.34. The molecule has 1 rings (SSSR count). The number of benzene rings is 1. The van der Waals surface area contributed by atoms with Gasteiger partial charge in [0.15, 0.2) is 6.61 Å². The maximum atomic E-state index is 11.4. The van der Waals surface area contributed by atoms with E-state index in [-0.39, 0.29) is 18.6 Å². The Morgan fingerprint density at radius 1 is 1.45 bits per heavy atom. The lowest BCUT2D eigenvalue weighted by Gasteiger charge is -2.11. The average molecular weight is 298 g/mol. The zero-order valence-corrected chi connectivity index (χ0v) is 12.0. The normalized spacial score (nSPS) is 10.8. The van der Waals surface area contributed by atoms with Crippen LogP contribution in [0.3, 0.4) is 0 Å². The molecule has 0 heterocycles. The van der Waals surface area contributed by atoms with Gasteiger partial charge in [-0.25, -0.2) is 4.79 Å². The van der Waals surface area contributed by atoms with E-state index in [0.717, 1.165) is 6.08 Å². The molecule has 2 N–H and O–H groups in total. The molecule has 0 aliphatic heterocycles. The largest absolute Gasteiger partial charge is 0.482 e. The lowest BCUT2D eigenvalue weighted by molar-refractivity contribution is -0.131. The first-order valence-corrected chi connectivity index (χ1v) is 6.39. The number of nitrogens with one attached hydrogen (secondary N) is 1. The molecule has 0 spiro atoms. The lowest BCUT2D eigenvalue weighted by atomic mass is 10.2. The minimum atomic E-state index is -1.04. The number of carboxylic acid groups (broad SMARTS) is 1. The molecule has 0 bridgehead atoms. The lowest BCUT2D eigenvalue weighted by Crippen LogP contribution is -2.34. The van der Waals surface area contributed by atoms with Crippen molar-refractivity contribution in [2.45, 2.75) is 19.9 Å². The van der Waals surface area contributed by atoms with Crippen LogP contribution in [0.25, 0.3) is 6.08 Å². The molecular formula is C14H16ClNO4. The topological polar surface area (TPSA) is 75.6 Å². The van der Waals surface area contributed by atoms with Gasteiger partial charge >= 0.3 is 5.97 Å². The van der Waals surface area contributed by atoms with Crippen LogP contribution in [0.1, 0.15) is 19.4 Å². The number of rotatable bonds is 6. The van der Waals surface area contributed by atoms with Crippen LogP contribution in [0.5, 0.6) is 5.75 Å². The van der Waals surface area contributed by atoms with E-state index in [9.17, 15) is 9.59 Å². The molecule has 6 heteroatoms. The summed E-state index contributed by atoms with van der Waals surface area (Å²) in [5.41, 5.74) is 0.636. The summed E-state index contributed by atoms with van der Waals surface area (Å²) in [7, 11) is 0. The van der Waals surface area contributed by atoms with Gasteiger partial charge in [0.25, 0.3) is 5.91 Å². The third-order valence-electron chi connectivity index (χ3n) is 2.18. The van der Waals surface area contributed by atoms with E-state index in [2.05, 4.69) is 5.32 Å². The summed E-state index contributed by atoms with van der Waals surface area (Å²) in [6, 6.07) is 4.86. The zero-order valence-electron chi connectivity index (χ0n) is 11.2. The summed E-state index contributed by atoms with van der Waals surface area (Å²) in [4.78, 5) is 21.8. The van der Waals surface area contributed by atoms with Crippen LogP contribution >= 0.6 is 11.6 Å². The maximum Gasteiger partial charge on any atom is 0.328 e. The fraction of sp³-hybridized carbons (Fsp3) is 0.286. The highest BCUT2D eigenvalue weighted by Gasteiger charge is 2.07. The van der Waals surface area contributed by atoms with Crippen LogP contribution < -0.4 is 10.1 Å². The zero-order chi connectivity index (χ0) is 15.1. The van der Waals surface area contributed by atoms with E-state index in [4.69, 9.17) is 21.4 Å². The van der Waals surface area contributed by atoms with E-state index in [1.54, 1.807) is 18.2 Å². The Morgan fingerprint density at radius 2 is 2.15 bits per heavy atom. The van der Waals surface area contributed by atoms with E-state index < -0.39 is 5.97 Å². The van der Waals surface area contributed by atoms with Crippen molar-refractivity contribution < 1.29 is 19.4 Å². The standard InChI is InChI=1S/C14H16ClNO4/c1-9(2)16-13(17)8-20-12-5-3-10(7-11(12)15)4-6-14(18)19/h3-7,9H,8H2,1-2H3,(H,16,17)(H,18,19). The average Bonchev–Trinajstić information content (AvgIpc) is 2.34. The number of hydrogen-bond acceptors (Lipinski definition) is 3. The van der Waals surface area contributed by atoms with Gasteiger partial charge in [-0.3, -0.25) is 4.79 Å². The van der Waals surface area contributed by atoms with E-state index in [1.165, 1.54) is 6.08 Å². The Labute approximate surface area is 122 Å². The van der Waals surface area contributed by atoms with Crippen molar-refractivity contribution in [3.05, 3.63) is 34.9 Å². The van der Waals surface area contributed by atoms with E-state index in [1.807, 2.05) is 13.8 Å². The summed E-state index contributed by atoms with van der Waals surface area (Å²) in [6.45, 7) is 3.59. The van der Waals surface area contributed by atoms with Gasteiger partial charge < -0.3 is 15.2 Å². The van der Waals surface area contributed by atoms with Crippen molar-refractivity contribution in [1.29, 1.82) is 0 Å². The highest BCUT2D eigenvalue weighted by molar-refractivity contribution is 6.32. The van der Waals surface area contributed by atoms with Crippen molar-refractivity contribution in [1.82, 2.24) is 5.32 Å². The van der Waals surface area contributed by atoms with Gasteiger partial charge in [-0.15, -0.1) is 0 Å². The molecule has 5 nitrogen and oxygen atoms in total. The van der Waals surface area contributed by atoms with Gasteiger partial charge in [0.05, 0.1) is 5.02 Å². The minimum absolute atomic E-state index is 0.0464. The molecule has 0 saturated carbocycles. The van der Waals surface area contributed by atoms with Gasteiger partial charge in [-0.1, -0.05) is 17.7 Å². The molecule has 108 valence electrons. The first-order valence-electron chi connectivity index (χ1n) is 6.01. The molecule has 0 aromatic heterocycles. The Balaban J connectivity index is 2.64. The smallest absolute Gasteiger partial charge is 0.328 e. The SMILES string of the molecule is CC(C)NC(=O)COc1ccc(C=CC(=O)O)cc1Cl. The second-order valence-corrected chi connectivity index (χ2v) is 4.78. The number of carbonyl (C=O) groups is 2. The number of ether oxygens (including phenoxy) is 1. The highest BCUT2D eigenvalue weighted by Crippen LogP contribution is 2.25. The third-order valence-corrected chi connectivity index (χ3v) is 2.48. The number of halogens is 1. The molecule has 1 amide bonds. The second kappa shape index (κ2) is 7.55. The van der Waals surface area contributed by atoms with Crippen molar-refractivity contribution >= 4 is 29.6 Å². The van der Waals surface area contributed by atoms with Gasteiger partial charge in [0, 0.05) is 12.1 Å². The Morgan fingerprint density at radius 3 is 2.70 bits per heavy atom. The molecule has 0 fully saturated rings. The second-order valence-electron chi connectivity index (χ2n) is 4.37. The maximum absolute atomic E-state index is 11.4. The number of carboxylic acids is 1. The van der Waals surface area contributed by atoms with Gasteiger partial charge in [-0.05, 0) is 37.6 Å². The molecule has 0 aliphatic rings. The quantitative estimate of drug-likeness (QED) is 0.790. The van der Waals surface area contributed by atoms with Crippen molar-refractivity contribution in [3.8, 4) is 5.75 Å². The van der Waals surface area contributed by atoms with Crippen LogP contribution in [0.2, 0.25) is 5.02 Å². The summed E-state index contributed by atoms with van der Waals surface area (Å²) in [5, 5.41) is 11.5. The number of amides is 1. The molecule has 20 heavy (non-hydrogen) atoms. The van der Waals surface area contributed by atoms with Gasteiger partial charge in [-0.2, -0.15) is 0 Å². The number of hydrogen-bond donors (Lipinski definition) is 2. The first kappa shape index (κ1) is 16.0. The molecule has 1 aromatic carbocycles. The fourth-order valence-corrected chi connectivity index (χ4v) is 1.66. The fourth-order valence-electron chi connectivity index (χ4n) is 1.41. The predicted molar refractivity (Wildman–Crippen MR) is 76.9 cm³/mol. The van der Waals surface area contributed by atoms with Crippen molar-refractivity contribution in [2.24, 2.45) is 0 Å². The Hall–Kier alpha value is -2.01. The molecular weight excluding hydrogens is 282 g/mol. The molecule has 0 radical (unpaired) electrons. The Kier molecular flexibility index (Phi) is 6.06. The number of carbonyl (C=O) groups excluding carboxylic acids is 1. The first-order chi connectivity index (χ1) is 9.38. The minimum Gasteiger partial charge on any atom is -0.482 e. The summed E-state index contributed by atoms with van der Waals surface area (Å²) in [5.74, 6) is -0.893. The molecule has 0 unspecified atom stereocenters. The molecule has 1 aromatic rings. The van der Waals surface area contributed by atoms with Crippen molar-refractivity contribution in [3.63, 3.8) is 0 Å². The Bertz CT molecular complexity index is 526. The van der Waals surface area contributed by atoms with Crippen molar-refractivity contribution in [2.75, 3.05) is 6.61 Å². The van der Waals surface area contributed by atoms with Gasteiger partial charge in [0.1, 0.15) is 5.75 Å². The van der Waals surface area contributed by atoms with Crippen LogP contribution in [0, 0.1) is 0 Å². The number of aliphatic carboxylic acids is 1. The summed E-state index contributed by atoms with van der Waals surface area (Å²) >= 11 is 6.00. The van der Waals surface area contributed by atoms with Crippen LogP contribution in [0.4, 0.5) is 0 Å². The van der Waals surface area contributed by atoms with Crippen LogP contribution in [0.15, 0.2) is 24.3 Å². The van der Waals surface area contributed by atoms with Gasteiger partial charge in [0.2, 0.25) is 0 Å². The van der Waals surface area contributed by atoms with Crippen LogP contribution in [-0.4, -0.2) is 29.6 Å². The van der Waals surface area contributed by atoms with E-state index >= 15 is 0 Å². The van der Waals surface area contributed by atoms with E-state index in [0.29, 0.717) is 16.3 Å².